The Labute approximate surface area is 186 Å². The van der Waals surface area contributed by atoms with Gasteiger partial charge in [-0.05, 0) is 37.1 Å². The number of methoxy groups -OCH3 is 2. The molecule has 1 saturated heterocycles. The van der Waals surface area contributed by atoms with Crippen molar-refractivity contribution in [1.82, 2.24) is 24.6 Å². The summed E-state index contributed by atoms with van der Waals surface area (Å²) < 4.78 is 12.6. The molecule has 0 bridgehead atoms. The van der Waals surface area contributed by atoms with Gasteiger partial charge in [0.1, 0.15) is 29.0 Å². The Hall–Kier alpha value is -3.82. The van der Waals surface area contributed by atoms with Crippen molar-refractivity contribution in [2.24, 2.45) is 0 Å². The predicted molar refractivity (Wildman–Crippen MR) is 122 cm³/mol. The van der Waals surface area contributed by atoms with Crippen molar-refractivity contribution < 1.29 is 14.3 Å². The van der Waals surface area contributed by atoms with Gasteiger partial charge < -0.3 is 25.4 Å². The predicted octanol–water partition coefficient (Wildman–Crippen LogP) is 2.56. The third kappa shape index (κ3) is 3.91. The smallest absolute Gasteiger partial charge is 0.246 e. The summed E-state index contributed by atoms with van der Waals surface area (Å²) in [7, 11) is 3.23. The molecule has 10 heteroatoms. The van der Waals surface area contributed by atoms with E-state index in [-0.39, 0.29) is 18.0 Å². The van der Waals surface area contributed by atoms with Crippen molar-refractivity contribution in [3.05, 3.63) is 42.7 Å². The molecule has 2 atom stereocenters. The SMILES string of the molecule is C=CC(=O)N1CC[C@H](n2nc(N[C@@H](C)c3cc(OC)cc(OC)c3)c3c(N)ncnc32)C1. The lowest BCUT2D eigenvalue weighted by molar-refractivity contribution is -0.125. The molecule has 168 valence electrons. The Morgan fingerprint density at radius 2 is 2.00 bits per heavy atom. The van der Waals surface area contributed by atoms with Crippen LogP contribution in [0.15, 0.2) is 37.2 Å². The Balaban J connectivity index is 1.68. The number of carbonyl (C=O) groups is 1. The normalized spacial score (nSPS) is 16.7. The molecule has 4 rings (SSSR count). The molecule has 0 spiro atoms. The van der Waals surface area contributed by atoms with Crippen molar-refractivity contribution in [3.63, 3.8) is 0 Å². The standard InChI is InChI=1S/C22H27N7O3/c1-5-18(30)28-7-6-15(11-28)29-22-19(20(23)24-12-25-22)21(27-29)26-13(2)14-8-16(31-3)10-17(9-14)32-4/h5,8-10,12-13,15H,1,6-7,11H2,2-4H3,(H,26,27)(H2,23,24,25)/t13-,15-/m0/s1. The number of carbonyl (C=O) groups excluding carboxylic acids is 1. The van der Waals surface area contributed by atoms with E-state index in [1.54, 1.807) is 19.1 Å². The van der Waals surface area contributed by atoms with Crippen LogP contribution in [0.1, 0.15) is 31.0 Å². The highest BCUT2D eigenvalue weighted by atomic mass is 16.5. The Bertz CT molecular complexity index is 1140. The lowest BCUT2D eigenvalue weighted by atomic mass is 10.1. The zero-order valence-corrected chi connectivity index (χ0v) is 18.4. The highest BCUT2D eigenvalue weighted by Crippen LogP contribution is 2.34. The molecule has 1 aliphatic heterocycles. The molecule has 2 aromatic heterocycles. The van der Waals surface area contributed by atoms with Crippen LogP contribution in [0.5, 0.6) is 11.5 Å². The number of hydrogen-bond donors (Lipinski definition) is 2. The van der Waals surface area contributed by atoms with Gasteiger partial charge in [0.2, 0.25) is 5.91 Å². The number of likely N-dealkylation sites (tertiary alicyclic amines) is 1. The largest absolute Gasteiger partial charge is 0.497 e. The molecule has 1 amide bonds. The second-order valence-corrected chi connectivity index (χ2v) is 7.69. The Morgan fingerprint density at radius 3 is 2.66 bits per heavy atom. The van der Waals surface area contributed by atoms with Gasteiger partial charge in [0.15, 0.2) is 11.5 Å². The van der Waals surface area contributed by atoms with Gasteiger partial charge in [-0.1, -0.05) is 6.58 Å². The summed E-state index contributed by atoms with van der Waals surface area (Å²) in [5.41, 5.74) is 7.80. The first kappa shape index (κ1) is 21.4. The second-order valence-electron chi connectivity index (χ2n) is 7.69. The number of fused-ring (bicyclic) bond motifs is 1. The fraction of sp³-hybridized carbons (Fsp3) is 0.364. The van der Waals surface area contributed by atoms with E-state index in [2.05, 4.69) is 21.9 Å². The number of hydrogen-bond acceptors (Lipinski definition) is 8. The zero-order chi connectivity index (χ0) is 22.8. The van der Waals surface area contributed by atoms with E-state index in [4.69, 9.17) is 20.3 Å². The van der Waals surface area contributed by atoms with Crippen molar-refractivity contribution in [1.29, 1.82) is 0 Å². The summed E-state index contributed by atoms with van der Waals surface area (Å²) in [6.45, 7) is 6.76. The van der Waals surface area contributed by atoms with Gasteiger partial charge >= 0.3 is 0 Å². The van der Waals surface area contributed by atoms with Crippen LogP contribution in [0.25, 0.3) is 11.0 Å². The van der Waals surface area contributed by atoms with E-state index in [1.807, 2.05) is 29.8 Å². The van der Waals surface area contributed by atoms with Crippen molar-refractivity contribution >= 4 is 28.6 Å². The number of benzene rings is 1. The van der Waals surface area contributed by atoms with Gasteiger partial charge in [0.05, 0.1) is 26.3 Å². The zero-order valence-electron chi connectivity index (χ0n) is 18.4. The first-order valence-electron chi connectivity index (χ1n) is 10.3. The van der Waals surface area contributed by atoms with Crippen LogP contribution >= 0.6 is 0 Å². The molecular formula is C22H27N7O3. The summed E-state index contributed by atoms with van der Waals surface area (Å²) >= 11 is 0. The molecule has 0 unspecified atom stereocenters. The van der Waals surface area contributed by atoms with Gasteiger partial charge in [-0.3, -0.25) is 4.79 Å². The first-order chi connectivity index (χ1) is 15.4. The monoisotopic (exact) mass is 437 g/mol. The number of nitrogen functional groups attached to an aromatic ring is 1. The quantitative estimate of drug-likeness (QED) is 0.541. The van der Waals surface area contributed by atoms with Crippen LogP contribution in [-0.2, 0) is 4.79 Å². The van der Waals surface area contributed by atoms with E-state index in [0.29, 0.717) is 47.3 Å². The number of anilines is 2. The minimum absolute atomic E-state index is 0.0153. The van der Waals surface area contributed by atoms with Crippen LogP contribution in [0.2, 0.25) is 0 Å². The summed E-state index contributed by atoms with van der Waals surface area (Å²) in [6.07, 6.45) is 3.53. The van der Waals surface area contributed by atoms with Crippen molar-refractivity contribution in [3.8, 4) is 11.5 Å². The first-order valence-corrected chi connectivity index (χ1v) is 10.3. The van der Waals surface area contributed by atoms with Gasteiger partial charge in [0.25, 0.3) is 0 Å². The van der Waals surface area contributed by atoms with Crippen LogP contribution in [0.4, 0.5) is 11.6 Å². The number of ether oxygens (including phenoxy) is 2. The maximum atomic E-state index is 12.0. The fourth-order valence-electron chi connectivity index (χ4n) is 3.99. The lowest BCUT2D eigenvalue weighted by Crippen LogP contribution is -2.27. The van der Waals surface area contributed by atoms with E-state index in [9.17, 15) is 4.79 Å². The van der Waals surface area contributed by atoms with Gasteiger partial charge in [-0.25, -0.2) is 14.6 Å². The molecule has 1 aromatic carbocycles. The van der Waals surface area contributed by atoms with Crippen LogP contribution in [-0.4, -0.2) is 57.9 Å². The van der Waals surface area contributed by atoms with Crippen molar-refractivity contribution in [2.45, 2.75) is 25.4 Å². The van der Waals surface area contributed by atoms with Crippen LogP contribution in [0.3, 0.4) is 0 Å². The van der Waals surface area contributed by atoms with Gasteiger partial charge in [-0.15, -0.1) is 0 Å². The molecular weight excluding hydrogens is 410 g/mol. The second kappa shape index (κ2) is 8.74. The maximum absolute atomic E-state index is 12.0. The topological polar surface area (TPSA) is 120 Å². The molecule has 10 nitrogen and oxygen atoms in total. The summed E-state index contributed by atoms with van der Waals surface area (Å²) in [6, 6.07) is 5.55. The van der Waals surface area contributed by atoms with E-state index >= 15 is 0 Å². The number of aromatic nitrogens is 4. The molecule has 32 heavy (non-hydrogen) atoms. The lowest BCUT2D eigenvalue weighted by Gasteiger charge is -2.17. The molecule has 3 heterocycles. The maximum Gasteiger partial charge on any atom is 0.246 e. The molecule has 3 aromatic rings. The van der Waals surface area contributed by atoms with E-state index in [0.717, 1.165) is 12.0 Å². The number of rotatable bonds is 7. The highest BCUT2D eigenvalue weighted by Gasteiger charge is 2.30. The number of amides is 1. The van der Waals surface area contributed by atoms with Gasteiger partial charge in [-0.2, -0.15) is 5.10 Å². The van der Waals surface area contributed by atoms with E-state index in [1.165, 1.54) is 12.4 Å². The van der Waals surface area contributed by atoms with Crippen molar-refractivity contribution in [2.75, 3.05) is 38.4 Å². The van der Waals surface area contributed by atoms with E-state index < -0.39 is 0 Å². The minimum atomic E-state index is -0.132. The molecule has 0 aliphatic carbocycles. The number of nitrogens with two attached hydrogens (primary N) is 1. The Morgan fingerprint density at radius 1 is 1.28 bits per heavy atom. The number of nitrogens with one attached hydrogen (secondary N) is 1. The Kier molecular flexibility index (Phi) is 5.85. The summed E-state index contributed by atoms with van der Waals surface area (Å²) in [4.78, 5) is 22.4. The number of nitrogens with zero attached hydrogens (tertiary/aromatic N) is 5. The molecule has 1 fully saturated rings. The molecule has 0 saturated carbocycles. The molecule has 1 aliphatic rings. The molecule has 3 N–H and O–H groups in total. The average Bonchev–Trinajstić information content (AvgIpc) is 3.44. The third-order valence-corrected chi connectivity index (χ3v) is 5.74. The van der Waals surface area contributed by atoms with Gasteiger partial charge in [0, 0.05) is 19.2 Å². The summed E-state index contributed by atoms with van der Waals surface area (Å²) in [5.74, 6) is 2.24. The average molecular weight is 438 g/mol. The highest BCUT2D eigenvalue weighted by molar-refractivity contribution is 5.96. The fourth-order valence-corrected chi connectivity index (χ4v) is 3.99. The third-order valence-electron chi connectivity index (χ3n) is 5.74. The molecule has 0 radical (unpaired) electrons. The minimum Gasteiger partial charge on any atom is -0.497 e. The summed E-state index contributed by atoms with van der Waals surface area (Å²) in [5, 5.41) is 8.89. The van der Waals surface area contributed by atoms with Crippen LogP contribution in [0, 0.1) is 0 Å². The van der Waals surface area contributed by atoms with Crippen LogP contribution < -0.4 is 20.5 Å².